The lowest BCUT2D eigenvalue weighted by Gasteiger charge is -1.97. The highest BCUT2D eigenvalue weighted by Crippen LogP contribution is 2.12. The second-order valence-electron chi connectivity index (χ2n) is 2.21. The zero-order valence-electron chi connectivity index (χ0n) is 6.10. The van der Waals surface area contributed by atoms with Crippen molar-refractivity contribution in [2.75, 3.05) is 6.26 Å². The van der Waals surface area contributed by atoms with E-state index in [1.165, 1.54) is 23.9 Å². The Morgan fingerprint density at radius 3 is 2.18 bits per heavy atom. The zero-order chi connectivity index (χ0) is 8.27. The summed E-state index contributed by atoms with van der Waals surface area (Å²) in [5, 5.41) is 0. The number of halogens is 2. The Morgan fingerprint density at radius 2 is 1.73 bits per heavy atom. The Labute approximate surface area is 68.6 Å². The third kappa shape index (κ3) is 2.50. The van der Waals surface area contributed by atoms with Crippen LogP contribution in [-0.2, 0) is 5.75 Å². The van der Waals surface area contributed by atoms with Crippen LogP contribution in [0.2, 0.25) is 0 Å². The van der Waals surface area contributed by atoms with E-state index in [-0.39, 0.29) is 0 Å². The molecule has 0 unspecified atom stereocenters. The molecule has 11 heavy (non-hydrogen) atoms. The summed E-state index contributed by atoms with van der Waals surface area (Å²) in [5.74, 6) is -0.364. The van der Waals surface area contributed by atoms with E-state index in [1.807, 2.05) is 6.26 Å². The topological polar surface area (TPSA) is 0 Å². The van der Waals surface area contributed by atoms with Gasteiger partial charge in [-0.3, -0.25) is 0 Å². The number of benzene rings is 1. The van der Waals surface area contributed by atoms with E-state index >= 15 is 0 Å². The first-order valence-electron chi connectivity index (χ1n) is 3.16. The van der Waals surface area contributed by atoms with Gasteiger partial charge in [0.15, 0.2) is 0 Å². The van der Waals surface area contributed by atoms with Crippen LogP contribution in [0.15, 0.2) is 18.2 Å². The largest absolute Gasteiger partial charge is 0.207 e. The van der Waals surface area contributed by atoms with E-state index in [1.54, 1.807) is 0 Å². The Balaban J connectivity index is 2.89. The van der Waals surface area contributed by atoms with Crippen LogP contribution in [-0.4, -0.2) is 6.26 Å². The molecule has 0 bridgehead atoms. The van der Waals surface area contributed by atoms with Crippen LogP contribution in [0.25, 0.3) is 0 Å². The SMILES string of the molecule is CSCc1cc(F)cc(F)c1. The predicted molar refractivity (Wildman–Crippen MR) is 43.6 cm³/mol. The van der Waals surface area contributed by atoms with Crippen LogP contribution in [0, 0.1) is 11.6 Å². The van der Waals surface area contributed by atoms with Crippen molar-refractivity contribution in [3.63, 3.8) is 0 Å². The van der Waals surface area contributed by atoms with Gasteiger partial charge < -0.3 is 0 Å². The minimum atomic E-state index is -0.506. The van der Waals surface area contributed by atoms with Crippen molar-refractivity contribution in [1.82, 2.24) is 0 Å². The molecule has 1 rings (SSSR count). The Kier molecular flexibility index (Phi) is 2.88. The van der Waals surface area contributed by atoms with Crippen molar-refractivity contribution in [3.8, 4) is 0 Å². The molecule has 0 saturated heterocycles. The predicted octanol–water partition coefficient (Wildman–Crippen LogP) is 2.83. The summed E-state index contributed by atoms with van der Waals surface area (Å²) in [6.45, 7) is 0. The van der Waals surface area contributed by atoms with E-state index < -0.39 is 11.6 Å². The molecule has 0 nitrogen and oxygen atoms in total. The molecule has 3 heteroatoms. The van der Waals surface area contributed by atoms with Crippen molar-refractivity contribution in [2.24, 2.45) is 0 Å². The zero-order valence-corrected chi connectivity index (χ0v) is 6.92. The second-order valence-corrected chi connectivity index (χ2v) is 3.08. The van der Waals surface area contributed by atoms with Gasteiger partial charge in [-0.05, 0) is 24.0 Å². The van der Waals surface area contributed by atoms with Crippen LogP contribution in [0.3, 0.4) is 0 Å². The fourth-order valence-electron chi connectivity index (χ4n) is 0.861. The summed E-state index contributed by atoms with van der Waals surface area (Å²) < 4.78 is 25.0. The van der Waals surface area contributed by atoms with E-state index in [0.717, 1.165) is 6.07 Å². The molecule has 0 fully saturated rings. The quantitative estimate of drug-likeness (QED) is 0.664. The van der Waals surface area contributed by atoms with Gasteiger partial charge in [-0.2, -0.15) is 11.8 Å². The fraction of sp³-hybridized carbons (Fsp3) is 0.250. The fourth-order valence-corrected chi connectivity index (χ4v) is 1.36. The lowest BCUT2D eigenvalue weighted by atomic mass is 10.2. The molecule has 0 aliphatic rings. The molecule has 60 valence electrons. The Morgan fingerprint density at radius 1 is 1.18 bits per heavy atom. The number of hydrogen-bond donors (Lipinski definition) is 0. The smallest absolute Gasteiger partial charge is 0.126 e. The van der Waals surface area contributed by atoms with E-state index in [4.69, 9.17) is 0 Å². The van der Waals surface area contributed by atoms with Gasteiger partial charge >= 0.3 is 0 Å². The molecule has 1 aromatic carbocycles. The Bertz CT molecular complexity index is 228. The minimum Gasteiger partial charge on any atom is -0.207 e. The molecule has 0 aliphatic carbocycles. The summed E-state index contributed by atoms with van der Waals surface area (Å²) in [4.78, 5) is 0. The van der Waals surface area contributed by atoms with Crippen LogP contribution in [0.5, 0.6) is 0 Å². The molecule has 0 heterocycles. The maximum absolute atomic E-state index is 12.5. The van der Waals surface area contributed by atoms with Crippen molar-refractivity contribution < 1.29 is 8.78 Å². The van der Waals surface area contributed by atoms with Crippen LogP contribution < -0.4 is 0 Å². The second kappa shape index (κ2) is 3.72. The normalized spacial score (nSPS) is 10.1. The van der Waals surface area contributed by atoms with Gasteiger partial charge in [0, 0.05) is 11.8 Å². The van der Waals surface area contributed by atoms with Gasteiger partial charge in [-0.25, -0.2) is 8.78 Å². The van der Waals surface area contributed by atoms with Gasteiger partial charge in [0.1, 0.15) is 11.6 Å². The minimum absolute atomic E-state index is 0.506. The van der Waals surface area contributed by atoms with E-state index in [0.29, 0.717) is 11.3 Å². The van der Waals surface area contributed by atoms with Crippen molar-refractivity contribution in [3.05, 3.63) is 35.4 Å². The maximum Gasteiger partial charge on any atom is 0.126 e. The summed E-state index contributed by atoms with van der Waals surface area (Å²) in [6, 6.07) is 3.57. The molecule has 1 aromatic rings. The molecule has 0 N–H and O–H groups in total. The van der Waals surface area contributed by atoms with Crippen molar-refractivity contribution >= 4 is 11.8 Å². The standard InChI is InChI=1S/C8H8F2S/c1-11-5-6-2-7(9)4-8(10)3-6/h2-4H,5H2,1H3. The number of thioether (sulfide) groups is 1. The lowest BCUT2D eigenvalue weighted by Crippen LogP contribution is -1.85. The average molecular weight is 174 g/mol. The molecule has 0 aromatic heterocycles. The molecule has 0 amide bonds. The molecule has 0 radical (unpaired) electrons. The highest BCUT2D eigenvalue weighted by Gasteiger charge is 1.98. The van der Waals surface area contributed by atoms with Gasteiger partial charge in [-0.1, -0.05) is 0 Å². The first-order valence-corrected chi connectivity index (χ1v) is 4.55. The third-order valence-electron chi connectivity index (χ3n) is 1.23. The first-order chi connectivity index (χ1) is 5.22. The monoisotopic (exact) mass is 174 g/mol. The van der Waals surface area contributed by atoms with Crippen LogP contribution in [0.1, 0.15) is 5.56 Å². The van der Waals surface area contributed by atoms with Crippen LogP contribution >= 0.6 is 11.8 Å². The molecule has 0 atom stereocenters. The van der Waals surface area contributed by atoms with E-state index in [9.17, 15) is 8.78 Å². The summed E-state index contributed by atoms with van der Waals surface area (Å²) in [7, 11) is 0. The van der Waals surface area contributed by atoms with Crippen molar-refractivity contribution in [2.45, 2.75) is 5.75 Å². The molecule has 0 spiro atoms. The summed E-state index contributed by atoms with van der Waals surface area (Å²) >= 11 is 1.54. The molecular weight excluding hydrogens is 166 g/mol. The first kappa shape index (κ1) is 8.53. The molecule has 0 saturated carbocycles. The Hall–Kier alpha value is -0.570. The lowest BCUT2D eigenvalue weighted by molar-refractivity contribution is 0.581. The molecule has 0 aliphatic heterocycles. The summed E-state index contributed by atoms with van der Waals surface area (Å²) in [5.41, 5.74) is 0.690. The van der Waals surface area contributed by atoms with Crippen LogP contribution in [0.4, 0.5) is 8.78 Å². The molecular formula is C8H8F2S. The van der Waals surface area contributed by atoms with Crippen molar-refractivity contribution in [1.29, 1.82) is 0 Å². The van der Waals surface area contributed by atoms with Gasteiger partial charge in [0.25, 0.3) is 0 Å². The maximum atomic E-state index is 12.5. The van der Waals surface area contributed by atoms with Gasteiger partial charge in [-0.15, -0.1) is 0 Å². The highest BCUT2D eigenvalue weighted by atomic mass is 32.2. The highest BCUT2D eigenvalue weighted by molar-refractivity contribution is 7.97. The third-order valence-corrected chi connectivity index (χ3v) is 1.86. The average Bonchev–Trinajstić information content (AvgIpc) is 1.85. The van der Waals surface area contributed by atoms with Gasteiger partial charge in [0.2, 0.25) is 0 Å². The number of hydrogen-bond acceptors (Lipinski definition) is 1. The van der Waals surface area contributed by atoms with E-state index in [2.05, 4.69) is 0 Å². The number of rotatable bonds is 2. The van der Waals surface area contributed by atoms with Gasteiger partial charge in [0.05, 0.1) is 0 Å². The summed E-state index contributed by atoms with van der Waals surface area (Å²) in [6.07, 6.45) is 1.89.